The minimum Gasteiger partial charge on any atom is -0.338 e. The number of carbonyl (C=O) groups is 3. The Kier molecular flexibility index (Phi) is 7.88. The van der Waals surface area contributed by atoms with Crippen molar-refractivity contribution in [1.82, 2.24) is 15.5 Å². The van der Waals surface area contributed by atoms with Gasteiger partial charge in [-0.05, 0) is 55.3 Å². The van der Waals surface area contributed by atoms with Crippen LogP contribution in [-0.4, -0.2) is 47.9 Å². The van der Waals surface area contributed by atoms with Crippen LogP contribution >= 0.6 is 22.9 Å². The Labute approximate surface area is 202 Å². The minimum absolute atomic E-state index is 0.0588. The molecule has 1 aliphatic heterocycles. The van der Waals surface area contributed by atoms with E-state index in [9.17, 15) is 14.4 Å². The molecule has 0 radical (unpaired) electrons. The van der Waals surface area contributed by atoms with Gasteiger partial charge in [0.25, 0.3) is 11.8 Å². The molecule has 33 heavy (non-hydrogen) atoms. The second-order valence-corrected chi connectivity index (χ2v) is 10.0. The second-order valence-electron chi connectivity index (χ2n) is 8.65. The second kappa shape index (κ2) is 11.0. The zero-order valence-electron chi connectivity index (χ0n) is 18.4. The summed E-state index contributed by atoms with van der Waals surface area (Å²) < 4.78 is 0. The number of anilines is 1. The molecule has 0 atom stereocenters. The van der Waals surface area contributed by atoms with Crippen LogP contribution in [0, 0.1) is 0 Å². The van der Waals surface area contributed by atoms with Gasteiger partial charge in [0, 0.05) is 30.7 Å². The number of halogens is 1. The number of nitrogens with zero attached hydrogens (tertiary/aromatic N) is 1. The summed E-state index contributed by atoms with van der Waals surface area (Å²) >= 11 is 7.59. The molecule has 2 fully saturated rings. The first-order chi connectivity index (χ1) is 16.0. The fourth-order valence-electron chi connectivity index (χ4n) is 4.41. The maximum Gasteiger partial charge on any atom is 0.315 e. The number of urea groups is 1. The van der Waals surface area contributed by atoms with Crippen molar-refractivity contribution in [3.63, 3.8) is 0 Å². The van der Waals surface area contributed by atoms with E-state index in [0.29, 0.717) is 47.1 Å². The van der Waals surface area contributed by atoms with Crippen LogP contribution in [0.5, 0.6) is 0 Å². The van der Waals surface area contributed by atoms with E-state index in [1.165, 1.54) is 30.6 Å². The van der Waals surface area contributed by atoms with Gasteiger partial charge in [-0.1, -0.05) is 36.9 Å². The van der Waals surface area contributed by atoms with Crippen molar-refractivity contribution in [2.24, 2.45) is 0 Å². The lowest BCUT2D eigenvalue weighted by Gasteiger charge is -2.33. The Bertz CT molecular complexity index is 984. The van der Waals surface area contributed by atoms with E-state index in [4.69, 9.17) is 11.6 Å². The van der Waals surface area contributed by atoms with Gasteiger partial charge in [0.15, 0.2) is 0 Å². The Morgan fingerprint density at radius 2 is 1.64 bits per heavy atom. The molecule has 4 rings (SSSR count). The van der Waals surface area contributed by atoms with Crippen molar-refractivity contribution in [2.45, 2.75) is 57.0 Å². The molecule has 1 aliphatic carbocycles. The average molecular weight is 489 g/mol. The van der Waals surface area contributed by atoms with Crippen LogP contribution in [-0.2, 0) is 0 Å². The highest BCUT2D eigenvalue weighted by Gasteiger charge is 2.26. The van der Waals surface area contributed by atoms with Gasteiger partial charge in [-0.2, -0.15) is 0 Å². The molecule has 2 aromatic rings. The largest absolute Gasteiger partial charge is 0.338 e. The van der Waals surface area contributed by atoms with Crippen LogP contribution in [0.25, 0.3) is 0 Å². The number of thiophene rings is 1. The van der Waals surface area contributed by atoms with E-state index in [-0.39, 0.29) is 29.9 Å². The van der Waals surface area contributed by atoms with E-state index in [1.54, 1.807) is 35.2 Å². The van der Waals surface area contributed by atoms with E-state index in [1.807, 2.05) is 5.38 Å². The van der Waals surface area contributed by atoms with Crippen LogP contribution in [0.2, 0.25) is 5.02 Å². The number of likely N-dealkylation sites (tertiary alicyclic amines) is 1. The molecule has 2 aliphatic rings. The highest BCUT2D eigenvalue weighted by Crippen LogP contribution is 2.26. The number of nitrogens with one attached hydrogen (secondary N) is 3. The highest BCUT2D eigenvalue weighted by atomic mass is 35.5. The lowest BCUT2D eigenvalue weighted by atomic mass is 9.96. The van der Waals surface area contributed by atoms with Crippen LogP contribution in [0.4, 0.5) is 10.5 Å². The molecule has 1 aromatic heterocycles. The van der Waals surface area contributed by atoms with Crippen LogP contribution in [0.1, 0.15) is 65.0 Å². The van der Waals surface area contributed by atoms with Gasteiger partial charge in [-0.25, -0.2) is 4.79 Å². The summed E-state index contributed by atoms with van der Waals surface area (Å²) in [5.41, 5.74) is 0.888. The Morgan fingerprint density at radius 1 is 0.939 bits per heavy atom. The van der Waals surface area contributed by atoms with E-state index < -0.39 is 0 Å². The van der Waals surface area contributed by atoms with Gasteiger partial charge in [-0.15, -0.1) is 11.3 Å². The van der Waals surface area contributed by atoms with Crippen LogP contribution < -0.4 is 16.0 Å². The molecule has 7 nitrogen and oxygen atoms in total. The Balaban J connectivity index is 1.29. The monoisotopic (exact) mass is 488 g/mol. The van der Waals surface area contributed by atoms with Crippen LogP contribution in [0.3, 0.4) is 0 Å². The minimum atomic E-state index is -0.255. The maximum absolute atomic E-state index is 13.0. The molecule has 2 heterocycles. The third kappa shape index (κ3) is 6.26. The van der Waals surface area contributed by atoms with Gasteiger partial charge < -0.3 is 20.9 Å². The third-order valence-corrected chi connectivity index (χ3v) is 7.46. The summed E-state index contributed by atoms with van der Waals surface area (Å²) in [6.45, 7) is 1.12. The first-order valence-corrected chi connectivity index (χ1v) is 12.8. The van der Waals surface area contributed by atoms with Crippen molar-refractivity contribution in [2.75, 3.05) is 18.4 Å². The van der Waals surface area contributed by atoms with Crippen molar-refractivity contribution in [3.8, 4) is 0 Å². The zero-order chi connectivity index (χ0) is 23.2. The summed E-state index contributed by atoms with van der Waals surface area (Å²) in [5, 5.41) is 11.1. The van der Waals surface area contributed by atoms with Crippen LogP contribution in [0.15, 0.2) is 35.7 Å². The van der Waals surface area contributed by atoms with Gasteiger partial charge in [0.1, 0.15) is 0 Å². The Hall–Kier alpha value is -2.58. The summed E-state index contributed by atoms with van der Waals surface area (Å²) in [4.78, 5) is 40.1. The molecule has 1 saturated heterocycles. The zero-order valence-corrected chi connectivity index (χ0v) is 20.0. The summed E-state index contributed by atoms with van der Waals surface area (Å²) in [6.07, 6.45) is 7.13. The fraction of sp³-hybridized carbons (Fsp3) is 0.458. The number of hydrogen-bond acceptors (Lipinski definition) is 4. The molecule has 4 amide bonds. The summed E-state index contributed by atoms with van der Waals surface area (Å²) in [5.74, 6) is -0.363. The molecular weight excluding hydrogens is 460 g/mol. The van der Waals surface area contributed by atoms with Crippen molar-refractivity contribution in [1.29, 1.82) is 0 Å². The normalized spacial score (nSPS) is 17.4. The topological polar surface area (TPSA) is 90.5 Å². The highest BCUT2D eigenvalue weighted by molar-refractivity contribution is 7.12. The van der Waals surface area contributed by atoms with Gasteiger partial charge >= 0.3 is 6.03 Å². The lowest BCUT2D eigenvalue weighted by Crippen LogP contribution is -2.51. The number of rotatable bonds is 5. The summed E-state index contributed by atoms with van der Waals surface area (Å²) in [7, 11) is 0. The molecule has 1 saturated carbocycles. The van der Waals surface area contributed by atoms with Gasteiger partial charge in [0.05, 0.1) is 15.6 Å². The predicted molar refractivity (Wildman–Crippen MR) is 131 cm³/mol. The average Bonchev–Trinajstić information content (AvgIpc) is 3.36. The number of carbonyl (C=O) groups excluding carboxylic acids is 3. The number of benzene rings is 1. The van der Waals surface area contributed by atoms with Crippen molar-refractivity contribution >= 4 is 46.5 Å². The first kappa shape index (κ1) is 23.6. The number of hydrogen-bond donors (Lipinski definition) is 3. The lowest BCUT2D eigenvalue weighted by molar-refractivity contribution is 0.0708. The molecule has 3 N–H and O–H groups in total. The number of amides is 4. The maximum atomic E-state index is 13.0. The Morgan fingerprint density at radius 3 is 2.30 bits per heavy atom. The van der Waals surface area contributed by atoms with Crippen molar-refractivity contribution in [3.05, 3.63) is 51.2 Å². The van der Waals surface area contributed by atoms with E-state index in [2.05, 4.69) is 16.0 Å². The van der Waals surface area contributed by atoms with E-state index in [0.717, 1.165) is 12.8 Å². The molecule has 0 bridgehead atoms. The molecule has 0 spiro atoms. The fourth-order valence-corrected chi connectivity index (χ4v) is 5.20. The van der Waals surface area contributed by atoms with Crippen molar-refractivity contribution < 1.29 is 14.4 Å². The third-order valence-electron chi connectivity index (χ3n) is 6.26. The molecule has 176 valence electrons. The molecule has 9 heteroatoms. The van der Waals surface area contributed by atoms with E-state index >= 15 is 0 Å². The molecular formula is C24H29ClN4O3S. The summed E-state index contributed by atoms with van der Waals surface area (Å²) in [6, 6.07) is 8.70. The standard InChI is InChI=1S/C24H29ClN4O3S/c25-19-9-8-16(15-20(19)28-22(30)21-7-4-14-33-21)23(31)29-12-10-18(11-13-29)27-24(32)26-17-5-2-1-3-6-17/h4,7-9,14-15,17-18H,1-3,5-6,10-13H2,(H,28,30)(H2,26,27,32). The molecule has 0 unspecified atom stereocenters. The first-order valence-electron chi connectivity index (χ1n) is 11.5. The SMILES string of the molecule is O=C(NC1CCCCC1)NC1CCN(C(=O)c2ccc(Cl)c(NC(=O)c3cccs3)c2)CC1. The van der Waals surface area contributed by atoms with Gasteiger partial charge in [-0.3, -0.25) is 9.59 Å². The predicted octanol–water partition coefficient (Wildman–Crippen LogP) is 4.89. The smallest absolute Gasteiger partial charge is 0.315 e. The quantitative estimate of drug-likeness (QED) is 0.559. The molecule has 1 aromatic carbocycles. The van der Waals surface area contributed by atoms with Gasteiger partial charge in [0.2, 0.25) is 0 Å². The number of piperidine rings is 1.